The number of para-hydroxylation sites is 2. The van der Waals surface area contributed by atoms with Crippen molar-refractivity contribution < 1.29 is 0 Å². The van der Waals surface area contributed by atoms with Crippen molar-refractivity contribution in [1.82, 2.24) is 33.6 Å². The normalized spacial score (nSPS) is 14.5. The summed E-state index contributed by atoms with van der Waals surface area (Å²) in [4.78, 5) is 20.1. The predicted molar refractivity (Wildman–Crippen MR) is 229 cm³/mol. The average molecular weight is 726 g/mol. The van der Waals surface area contributed by atoms with E-state index in [2.05, 4.69) is 147 Å². The number of rotatable bonds is 3. The molecule has 8 heterocycles. The van der Waals surface area contributed by atoms with E-state index in [-0.39, 0.29) is 12.6 Å². The molecule has 0 fully saturated rings. The molecule has 0 spiro atoms. The summed E-state index contributed by atoms with van der Waals surface area (Å²) in [5, 5.41) is 2.30. The van der Waals surface area contributed by atoms with Crippen LogP contribution in [0.1, 0.15) is 22.7 Å². The maximum absolute atomic E-state index is 5.18. The van der Waals surface area contributed by atoms with E-state index in [0.717, 1.165) is 55.9 Å². The van der Waals surface area contributed by atoms with Gasteiger partial charge in [-0.2, -0.15) is 0 Å². The molecule has 3 aliphatic rings. The fourth-order valence-corrected chi connectivity index (χ4v) is 10.7. The Labute approximate surface area is 326 Å². The van der Waals surface area contributed by atoms with Crippen LogP contribution in [0.3, 0.4) is 0 Å². The molecule has 0 N–H and O–H groups in total. The van der Waals surface area contributed by atoms with Gasteiger partial charge >= 0.3 is 0 Å². The predicted octanol–water partition coefficient (Wildman–Crippen LogP) is 8.22. The van der Waals surface area contributed by atoms with Crippen LogP contribution in [0.5, 0.6) is 0 Å². The van der Waals surface area contributed by atoms with Crippen molar-refractivity contribution in [2.24, 2.45) is 0 Å². The number of nitrogens with zero attached hydrogens (tertiary/aromatic N) is 7. The SMILES string of the molecule is c1ccc(C2c3ccccc3-c3c2n2c4c(cccc34)B3c4c-2cc(-c2ccccn2)cc4-n2c4c3ccnc4c3c4nccnc4n(-c4ccccc4)c32)cc1. The maximum atomic E-state index is 5.18. The van der Waals surface area contributed by atoms with Crippen molar-refractivity contribution in [3.8, 4) is 39.4 Å². The van der Waals surface area contributed by atoms with Gasteiger partial charge in [0.25, 0.3) is 6.71 Å². The van der Waals surface area contributed by atoms with Gasteiger partial charge in [-0.3, -0.25) is 24.1 Å². The summed E-state index contributed by atoms with van der Waals surface area (Å²) in [5.74, 6) is 0.0613. The van der Waals surface area contributed by atoms with E-state index in [1.54, 1.807) is 12.4 Å². The van der Waals surface area contributed by atoms with Gasteiger partial charge in [-0.15, -0.1) is 0 Å². The Morgan fingerprint density at radius 3 is 2.16 bits per heavy atom. The summed E-state index contributed by atoms with van der Waals surface area (Å²) in [6.45, 7) is -0.0241. The van der Waals surface area contributed by atoms with Crippen LogP contribution in [0.25, 0.3) is 83.6 Å². The highest BCUT2D eigenvalue weighted by atomic mass is 15.2. The molecule has 0 amide bonds. The molecule has 1 atom stereocenters. The third kappa shape index (κ3) is 3.59. The second kappa shape index (κ2) is 10.6. The van der Waals surface area contributed by atoms with Crippen LogP contribution in [-0.4, -0.2) is 40.3 Å². The number of fused-ring (bicyclic) bond motifs is 14. The fourth-order valence-electron chi connectivity index (χ4n) is 10.7. The zero-order valence-corrected chi connectivity index (χ0v) is 30.4. The van der Waals surface area contributed by atoms with Crippen molar-refractivity contribution >= 4 is 67.2 Å². The van der Waals surface area contributed by atoms with E-state index < -0.39 is 0 Å². The highest BCUT2D eigenvalue weighted by Crippen LogP contribution is 2.54. The molecule has 11 aromatic rings. The molecule has 0 radical (unpaired) electrons. The number of hydrogen-bond acceptors (Lipinski definition) is 4. The first-order valence-corrected chi connectivity index (χ1v) is 19.5. The monoisotopic (exact) mass is 725 g/mol. The van der Waals surface area contributed by atoms with Crippen molar-refractivity contribution in [1.29, 1.82) is 0 Å². The van der Waals surface area contributed by atoms with E-state index >= 15 is 0 Å². The number of aromatic nitrogens is 7. The number of pyridine rings is 2. The molecule has 1 aliphatic carbocycles. The Morgan fingerprint density at radius 1 is 0.544 bits per heavy atom. The maximum Gasteiger partial charge on any atom is 0.252 e. The summed E-state index contributed by atoms with van der Waals surface area (Å²) in [6.07, 6.45) is 7.46. The molecule has 8 heteroatoms. The highest BCUT2D eigenvalue weighted by molar-refractivity contribution is 7.00. The van der Waals surface area contributed by atoms with Gasteiger partial charge in [0, 0.05) is 69.6 Å². The quantitative estimate of drug-likeness (QED) is 0.172. The number of benzene rings is 5. The first kappa shape index (κ1) is 29.7. The van der Waals surface area contributed by atoms with Crippen molar-refractivity contribution in [3.05, 3.63) is 181 Å². The first-order valence-electron chi connectivity index (χ1n) is 19.5. The van der Waals surface area contributed by atoms with E-state index in [1.807, 2.05) is 18.5 Å². The molecule has 6 aromatic heterocycles. The molecule has 0 saturated heterocycles. The van der Waals surface area contributed by atoms with Crippen LogP contribution in [-0.2, 0) is 0 Å². The molecular weight excluding hydrogens is 697 g/mol. The van der Waals surface area contributed by atoms with Gasteiger partial charge < -0.3 is 4.57 Å². The number of hydrogen-bond donors (Lipinski definition) is 0. The van der Waals surface area contributed by atoms with Crippen LogP contribution < -0.4 is 16.4 Å². The van der Waals surface area contributed by atoms with Crippen molar-refractivity contribution in [2.75, 3.05) is 0 Å². The molecule has 2 aliphatic heterocycles. The Hall–Kier alpha value is -7.58. The fraction of sp³-hybridized carbons (Fsp3) is 0.0204. The minimum atomic E-state index is -0.0241. The molecular formula is C49H28BN7. The minimum absolute atomic E-state index is 0.0241. The zero-order chi connectivity index (χ0) is 36.9. The van der Waals surface area contributed by atoms with Gasteiger partial charge in [0.1, 0.15) is 11.2 Å². The van der Waals surface area contributed by atoms with Gasteiger partial charge in [0.15, 0.2) is 5.65 Å². The topological polar surface area (TPSA) is 66.3 Å². The van der Waals surface area contributed by atoms with Crippen LogP contribution in [0.15, 0.2) is 164 Å². The lowest BCUT2D eigenvalue weighted by atomic mass is 9.34. The molecule has 57 heavy (non-hydrogen) atoms. The van der Waals surface area contributed by atoms with Crippen LogP contribution in [0.2, 0.25) is 0 Å². The third-order valence-corrected chi connectivity index (χ3v) is 12.7. The highest BCUT2D eigenvalue weighted by Gasteiger charge is 2.45. The largest absolute Gasteiger partial charge is 0.313 e. The summed E-state index contributed by atoms with van der Waals surface area (Å²) in [5.41, 5.74) is 21.7. The van der Waals surface area contributed by atoms with Crippen LogP contribution >= 0.6 is 0 Å². The minimum Gasteiger partial charge on any atom is -0.313 e. The molecule has 0 bridgehead atoms. The first-order chi connectivity index (χ1) is 28.3. The van der Waals surface area contributed by atoms with Gasteiger partial charge in [0.05, 0.1) is 28.0 Å². The summed E-state index contributed by atoms with van der Waals surface area (Å²) < 4.78 is 7.36. The lowest BCUT2D eigenvalue weighted by Gasteiger charge is -2.35. The Balaban J connectivity index is 1.20. The summed E-state index contributed by atoms with van der Waals surface area (Å²) in [7, 11) is 0. The Kier molecular flexibility index (Phi) is 5.52. The Bertz CT molecular complexity index is 3530. The van der Waals surface area contributed by atoms with Crippen molar-refractivity contribution in [3.63, 3.8) is 0 Å². The lowest BCUT2D eigenvalue weighted by Crippen LogP contribution is -2.59. The van der Waals surface area contributed by atoms with E-state index in [0.29, 0.717) is 0 Å². The van der Waals surface area contributed by atoms with E-state index in [1.165, 1.54) is 60.9 Å². The van der Waals surface area contributed by atoms with Gasteiger partial charge in [-0.25, -0.2) is 4.98 Å². The molecule has 1 unspecified atom stereocenters. The summed E-state index contributed by atoms with van der Waals surface area (Å²) >= 11 is 0. The van der Waals surface area contributed by atoms with Crippen molar-refractivity contribution in [2.45, 2.75) is 5.92 Å². The standard InChI is InChI=1S/C49H28BN7/c1-3-12-28(13-4-1)39-31-16-7-8-17-32(31)40-33-18-11-19-34-45(33)56(47(39)40)37-26-29(36-20-9-10-22-51-36)27-38-42(37)50(34)35-21-23-52-43-41-44-48(54-25-24-53-44)55(30-14-5-2-6-15-30)49(41)57(38)46(35)43/h1-27,39H. The second-order valence-electron chi connectivity index (χ2n) is 15.4. The molecule has 262 valence electrons. The van der Waals surface area contributed by atoms with Gasteiger partial charge in [0.2, 0.25) is 0 Å². The second-order valence-corrected chi connectivity index (χ2v) is 15.4. The Morgan fingerprint density at radius 2 is 1.30 bits per heavy atom. The summed E-state index contributed by atoms with van der Waals surface area (Å²) in [6, 6.07) is 50.7. The van der Waals surface area contributed by atoms with Gasteiger partial charge in [-0.1, -0.05) is 97.1 Å². The molecule has 5 aromatic carbocycles. The molecule has 0 saturated carbocycles. The van der Waals surface area contributed by atoms with Crippen LogP contribution in [0, 0.1) is 0 Å². The van der Waals surface area contributed by atoms with E-state index in [9.17, 15) is 0 Å². The molecule has 7 nitrogen and oxygen atoms in total. The zero-order valence-electron chi connectivity index (χ0n) is 30.4. The van der Waals surface area contributed by atoms with Crippen LogP contribution in [0.4, 0.5) is 0 Å². The third-order valence-electron chi connectivity index (χ3n) is 12.7. The smallest absolute Gasteiger partial charge is 0.252 e. The average Bonchev–Trinajstić information content (AvgIpc) is 4.00. The van der Waals surface area contributed by atoms with Gasteiger partial charge in [-0.05, 0) is 75.5 Å². The molecule has 14 rings (SSSR count). The lowest BCUT2D eigenvalue weighted by molar-refractivity contribution is 0.904. The van der Waals surface area contributed by atoms with E-state index in [4.69, 9.17) is 19.9 Å².